The normalized spacial score (nSPS) is 34.9. The molecule has 11 heavy (non-hydrogen) atoms. The molecule has 0 aromatic rings. The van der Waals surface area contributed by atoms with E-state index in [1.54, 1.807) is 0 Å². The predicted molar refractivity (Wildman–Crippen MR) is 34.2 cm³/mol. The molecular weight excluding hydrogens is 185 g/mol. The highest BCUT2D eigenvalue weighted by atomic mass is 35.5. The van der Waals surface area contributed by atoms with E-state index in [-0.39, 0.29) is 24.8 Å². The van der Waals surface area contributed by atoms with Crippen molar-refractivity contribution in [1.29, 1.82) is 0 Å². The summed E-state index contributed by atoms with van der Waals surface area (Å²) in [5, 5.41) is 0. The molecule has 0 spiro atoms. The summed E-state index contributed by atoms with van der Waals surface area (Å²) in [6.45, 7) is 0. The van der Waals surface area contributed by atoms with Crippen LogP contribution in [0.4, 0.5) is 0 Å². The minimum Gasteiger partial charge on any atom is -1.00 e. The maximum absolute atomic E-state index is 3.31. The van der Waals surface area contributed by atoms with Crippen molar-refractivity contribution in [3.8, 4) is 0 Å². The summed E-state index contributed by atoms with van der Waals surface area (Å²) in [7, 11) is 0. The van der Waals surface area contributed by atoms with Crippen molar-refractivity contribution in [3.63, 3.8) is 0 Å². The Labute approximate surface area is 79.4 Å². The van der Waals surface area contributed by atoms with E-state index in [0.29, 0.717) is 0 Å². The molecule has 1 aliphatic carbocycles. The fourth-order valence-corrected chi connectivity index (χ4v) is 1.78. The summed E-state index contributed by atoms with van der Waals surface area (Å²) in [6.07, 6.45) is 5.46. The third-order valence-electron chi connectivity index (χ3n) is 2.31. The number of halogens is 2. The van der Waals surface area contributed by atoms with Crippen molar-refractivity contribution < 1.29 is 30.3 Å². The first-order valence-electron chi connectivity index (χ1n) is 3.79. The largest absolute Gasteiger partial charge is 1.00 e. The molecule has 2 aliphatic rings. The van der Waals surface area contributed by atoms with E-state index in [4.69, 9.17) is 0 Å². The first kappa shape index (κ1) is 11.5. The van der Waals surface area contributed by atoms with E-state index in [1.807, 2.05) is 5.53 Å². The summed E-state index contributed by atoms with van der Waals surface area (Å²) in [5.74, 6) is 0. The Morgan fingerprint density at radius 2 is 1.55 bits per heavy atom. The lowest BCUT2D eigenvalue weighted by atomic mass is 9.91. The van der Waals surface area contributed by atoms with Crippen molar-refractivity contribution >= 4 is 0 Å². The van der Waals surface area contributed by atoms with E-state index in [0.717, 1.165) is 12.1 Å². The van der Waals surface area contributed by atoms with Crippen LogP contribution in [0.3, 0.4) is 0 Å². The second kappa shape index (κ2) is 5.17. The molecule has 3 nitrogen and oxygen atoms in total. The van der Waals surface area contributed by atoms with Crippen LogP contribution in [0.15, 0.2) is 0 Å². The van der Waals surface area contributed by atoms with Crippen molar-refractivity contribution in [1.82, 2.24) is 10.9 Å². The molecule has 0 amide bonds. The minimum absolute atomic E-state index is 0. The molecule has 0 aromatic carbocycles. The van der Waals surface area contributed by atoms with Crippen LogP contribution in [0.1, 0.15) is 25.7 Å². The van der Waals surface area contributed by atoms with Gasteiger partial charge in [0.25, 0.3) is 0 Å². The first-order chi connectivity index (χ1) is 4.45. The molecule has 2 bridgehead atoms. The van der Waals surface area contributed by atoms with Crippen LogP contribution < -0.4 is 41.2 Å². The lowest BCUT2D eigenvalue weighted by Gasteiger charge is -2.32. The van der Waals surface area contributed by atoms with Crippen molar-refractivity contribution in [3.05, 3.63) is 0 Å². The minimum atomic E-state index is 0. The molecule has 4 N–H and O–H groups in total. The Kier molecular flexibility index (Phi) is 5.38. The maximum Gasteiger partial charge on any atom is 0.0592 e. The SMILES string of the molecule is C1CC2CC(C1)N[NH2+]N2.[Cl-].[Cl-]. The number of quaternary nitrogens is 1. The number of hydrogen-bond donors (Lipinski definition) is 3. The van der Waals surface area contributed by atoms with Crippen LogP contribution in [0.5, 0.6) is 0 Å². The molecule has 2 rings (SSSR count). The van der Waals surface area contributed by atoms with Gasteiger partial charge in [-0.05, 0) is 25.7 Å². The Bertz CT molecular complexity index is 92.0. The molecule has 1 saturated carbocycles. The fourth-order valence-electron chi connectivity index (χ4n) is 1.78. The highest BCUT2D eigenvalue weighted by molar-refractivity contribution is 4.79. The third-order valence-corrected chi connectivity index (χ3v) is 2.31. The van der Waals surface area contributed by atoms with Gasteiger partial charge in [-0.1, -0.05) is 0 Å². The molecule has 5 heteroatoms. The van der Waals surface area contributed by atoms with Crippen molar-refractivity contribution in [2.45, 2.75) is 37.8 Å². The molecule has 1 aliphatic heterocycles. The van der Waals surface area contributed by atoms with Gasteiger partial charge >= 0.3 is 0 Å². The van der Waals surface area contributed by atoms with E-state index in [2.05, 4.69) is 10.9 Å². The van der Waals surface area contributed by atoms with Crippen LogP contribution >= 0.6 is 0 Å². The number of hydrogen-bond acceptors (Lipinski definition) is 2. The molecule has 2 unspecified atom stereocenters. The van der Waals surface area contributed by atoms with Crippen LogP contribution in [0.25, 0.3) is 0 Å². The second-order valence-electron chi connectivity index (χ2n) is 3.04. The maximum atomic E-state index is 3.31. The Morgan fingerprint density at radius 1 is 1.00 bits per heavy atom. The number of rotatable bonds is 0. The highest BCUT2D eigenvalue weighted by Gasteiger charge is 2.27. The molecule has 0 radical (unpaired) electrons. The Morgan fingerprint density at radius 3 is 2.00 bits per heavy atom. The van der Waals surface area contributed by atoms with Gasteiger partial charge in [-0.25, -0.2) is 0 Å². The van der Waals surface area contributed by atoms with Gasteiger partial charge in [-0.2, -0.15) is 5.53 Å². The van der Waals surface area contributed by atoms with E-state index >= 15 is 0 Å². The van der Waals surface area contributed by atoms with Crippen LogP contribution in [0, 0.1) is 0 Å². The fraction of sp³-hybridized carbons (Fsp3) is 1.00. The quantitative estimate of drug-likeness (QED) is 0.339. The molecular formula is C6H14Cl2N3-. The van der Waals surface area contributed by atoms with Gasteiger partial charge in [0.05, 0.1) is 12.1 Å². The van der Waals surface area contributed by atoms with Gasteiger partial charge in [-0.15, -0.1) is 10.9 Å². The first-order valence-corrected chi connectivity index (χ1v) is 3.79. The standard InChI is InChI=1S/C6H13N3.2ClH/c1-2-5-4-6(3-1)8-9-7-5;;/h5-9H,1-4H2;2*1H/p-1. The van der Waals surface area contributed by atoms with E-state index in [1.165, 1.54) is 25.7 Å². The summed E-state index contributed by atoms with van der Waals surface area (Å²) in [4.78, 5) is 0. The van der Waals surface area contributed by atoms with Gasteiger partial charge < -0.3 is 24.8 Å². The molecule has 2 atom stereocenters. The molecule has 1 heterocycles. The Hall–Kier alpha value is 0.460. The van der Waals surface area contributed by atoms with E-state index in [9.17, 15) is 0 Å². The van der Waals surface area contributed by atoms with Gasteiger partial charge in [0.15, 0.2) is 0 Å². The summed E-state index contributed by atoms with van der Waals surface area (Å²) in [5.41, 5.74) is 8.64. The molecule has 0 aromatic heterocycles. The topological polar surface area (TPSA) is 40.7 Å². The average molecular weight is 199 g/mol. The smallest absolute Gasteiger partial charge is 0.0592 e. The number of nitrogens with one attached hydrogen (secondary N) is 2. The lowest BCUT2D eigenvalue weighted by molar-refractivity contribution is -0.781. The number of fused-ring (bicyclic) bond motifs is 2. The predicted octanol–water partition coefficient (Wildman–Crippen LogP) is -7.11. The lowest BCUT2D eigenvalue weighted by Crippen LogP contribution is -3.06. The van der Waals surface area contributed by atoms with Crippen molar-refractivity contribution in [2.75, 3.05) is 0 Å². The second-order valence-corrected chi connectivity index (χ2v) is 3.04. The van der Waals surface area contributed by atoms with Crippen LogP contribution in [-0.2, 0) is 0 Å². The summed E-state index contributed by atoms with van der Waals surface area (Å²) < 4.78 is 0. The van der Waals surface area contributed by atoms with Gasteiger partial charge in [0.1, 0.15) is 0 Å². The van der Waals surface area contributed by atoms with Gasteiger partial charge in [-0.3, -0.25) is 0 Å². The zero-order valence-electron chi connectivity index (χ0n) is 6.32. The monoisotopic (exact) mass is 198 g/mol. The van der Waals surface area contributed by atoms with Crippen LogP contribution in [0.2, 0.25) is 0 Å². The average Bonchev–Trinajstić information content (AvgIpc) is 1.88. The highest BCUT2D eigenvalue weighted by Crippen LogP contribution is 2.17. The van der Waals surface area contributed by atoms with Gasteiger partial charge in [0.2, 0.25) is 0 Å². The summed E-state index contributed by atoms with van der Waals surface area (Å²) in [6, 6.07) is 1.56. The summed E-state index contributed by atoms with van der Waals surface area (Å²) >= 11 is 0. The number of nitrogens with two attached hydrogens (primary N) is 1. The van der Waals surface area contributed by atoms with Crippen LogP contribution in [-0.4, -0.2) is 12.1 Å². The zero-order chi connectivity index (χ0) is 6.10. The van der Waals surface area contributed by atoms with Gasteiger partial charge in [0, 0.05) is 0 Å². The van der Waals surface area contributed by atoms with Crippen molar-refractivity contribution in [2.24, 2.45) is 0 Å². The Balaban J connectivity index is 0.000000500. The molecule has 1 saturated heterocycles. The van der Waals surface area contributed by atoms with E-state index < -0.39 is 0 Å². The third kappa shape index (κ3) is 2.76. The molecule has 2 fully saturated rings. The molecule has 68 valence electrons. The zero-order valence-corrected chi connectivity index (χ0v) is 7.83.